The largest absolute Gasteiger partial charge is 0.457 e. The minimum atomic E-state index is -0.453. The summed E-state index contributed by atoms with van der Waals surface area (Å²) < 4.78 is 5.74. The smallest absolute Gasteiger partial charge is 0.285 e. The molecule has 0 radical (unpaired) electrons. The summed E-state index contributed by atoms with van der Waals surface area (Å²) in [4.78, 5) is 27.2. The molecule has 27 heavy (non-hydrogen) atoms. The number of rotatable bonds is 4. The standard InChI is InChI=1S/C20H12N2O4S/c23-19-18(27-20(21-19)13-5-2-1-3-6-13)12-16-9-10-17(26-16)14-7-4-8-15(11-14)22(24)25/h1-12H/b18-12+. The number of benzene rings is 2. The van der Waals surface area contributed by atoms with Crippen molar-refractivity contribution >= 4 is 34.5 Å². The SMILES string of the molecule is O=C1N=C(c2ccccc2)S/C1=C/c1ccc(-c2cccc([N+](=O)[O-])c2)o1. The summed E-state index contributed by atoms with van der Waals surface area (Å²) in [7, 11) is 0. The third-order valence-electron chi connectivity index (χ3n) is 3.88. The van der Waals surface area contributed by atoms with Crippen LogP contribution in [0.3, 0.4) is 0 Å². The maximum absolute atomic E-state index is 12.2. The van der Waals surface area contributed by atoms with Crippen molar-refractivity contribution in [1.82, 2.24) is 0 Å². The maximum atomic E-state index is 12.2. The van der Waals surface area contributed by atoms with Crippen LogP contribution in [0.15, 0.2) is 81.0 Å². The molecule has 132 valence electrons. The van der Waals surface area contributed by atoms with Crippen molar-refractivity contribution in [3.8, 4) is 11.3 Å². The molecule has 3 aromatic rings. The summed E-state index contributed by atoms with van der Waals surface area (Å²) in [6.07, 6.45) is 1.63. The number of hydrogen-bond acceptors (Lipinski definition) is 5. The highest BCUT2D eigenvalue weighted by molar-refractivity contribution is 8.19. The van der Waals surface area contributed by atoms with Gasteiger partial charge < -0.3 is 4.42 Å². The fraction of sp³-hybridized carbons (Fsp3) is 0. The van der Waals surface area contributed by atoms with Gasteiger partial charge in [0.05, 0.1) is 9.83 Å². The zero-order chi connectivity index (χ0) is 18.8. The number of carbonyl (C=O) groups excluding carboxylic acids is 1. The first kappa shape index (κ1) is 17.0. The van der Waals surface area contributed by atoms with Crippen molar-refractivity contribution < 1.29 is 14.1 Å². The Morgan fingerprint density at radius 3 is 2.56 bits per heavy atom. The number of nitrogens with zero attached hydrogens (tertiary/aromatic N) is 2. The first-order valence-electron chi connectivity index (χ1n) is 8.03. The van der Waals surface area contributed by atoms with Crippen LogP contribution in [-0.2, 0) is 4.79 Å². The zero-order valence-electron chi connectivity index (χ0n) is 13.9. The Labute approximate surface area is 158 Å². The molecule has 4 rings (SSSR count). The molecule has 0 saturated heterocycles. The van der Waals surface area contributed by atoms with E-state index in [9.17, 15) is 14.9 Å². The minimum Gasteiger partial charge on any atom is -0.457 e. The molecule has 0 unspecified atom stereocenters. The second kappa shape index (κ2) is 7.05. The van der Waals surface area contributed by atoms with Gasteiger partial charge in [0.2, 0.25) is 0 Å². The zero-order valence-corrected chi connectivity index (χ0v) is 14.7. The normalized spacial score (nSPS) is 15.2. The third kappa shape index (κ3) is 3.58. The number of nitro benzene ring substituents is 1. The van der Waals surface area contributed by atoms with E-state index in [1.807, 2.05) is 30.3 Å². The first-order chi connectivity index (χ1) is 13.1. The van der Waals surface area contributed by atoms with Gasteiger partial charge in [0, 0.05) is 29.3 Å². The molecule has 0 atom stereocenters. The van der Waals surface area contributed by atoms with E-state index in [1.54, 1.807) is 30.3 Å². The summed E-state index contributed by atoms with van der Waals surface area (Å²) in [5.41, 5.74) is 1.47. The average molecular weight is 376 g/mol. The lowest BCUT2D eigenvalue weighted by Gasteiger charge is -1.98. The highest BCUT2D eigenvalue weighted by Gasteiger charge is 2.23. The van der Waals surface area contributed by atoms with Crippen molar-refractivity contribution in [2.24, 2.45) is 4.99 Å². The van der Waals surface area contributed by atoms with E-state index in [1.165, 1.54) is 23.9 Å². The van der Waals surface area contributed by atoms with Gasteiger partial charge in [-0.15, -0.1) is 0 Å². The lowest BCUT2D eigenvalue weighted by molar-refractivity contribution is -0.384. The van der Waals surface area contributed by atoms with Gasteiger partial charge >= 0.3 is 0 Å². The van der Waals surface area contributed by atoms with Gasteiger partial charge in [-0.2, -0.15) is 0 Å². The van der Waals surface area contributed by atoms with Crippen molar-refractivity contribution in [1.29, 1.82) is 0 Å². The number of amides is 1. The van der Waals surface area contributed by atoms with Crippen LogP contribution in [-0.4, -0.2) is 15.9 Å². The number of hydrogen-bond donors (Lipinski definition) is 0. The van der Waals surface area contributed by atoms with Crippen LogP contribution in [0.25, 0.3) is 17.4 Å². The van der Waals surface area contributed by atoms with Crippen LogP contribution >= 0.6 is 11.8 Å². The quantitative estimate of drug-likeness (QED) is 0.367. The fourth-order valence-corrected chi connectivity index (χ4v) is 3.50. The second-order valence-corrected chi connectivity index (χ2v) is 6.74. The van der Waals surface area contributed by atoms with Gasteiger partial charge in [0.1, 0.15) is 16.6 Å². The van der Waals surface area contributed by atoms with Crippen LogP contribution in [0.5, 0.6) is 0 Å². The number of nitro groups is 1. The molecular formula is C20H12N2O4S. The Hall–Kier alpha value is -3.45. The van der Waals surface area contributed by atoms with E-state index in [4.69, 9.17) is 4.42 Å². The Balaban J connectivity index is 1.57. The topological polar surface area (TPSA) is 85.7 Å². The summed E-state index contributed by atoms with van der Waals surface area (Å²) in [6.45, 7) is 0. The van der Waals surface area contributed by atoms with E-state index in [-0.39, 0.29) is 11.6 Å². The highest BCUT2D eigenvalue weighted by atomic mass is 32.2. The van der Waals surface area contributed by atoms with Crippen LogP contribution in [0.4, 0.5) is 5.69 Å². The van der Waals surface area contributed by atoms with Gasteiger partial charge in [0.15, 0.2) is 0 Å². The van der Waals surface area contributed by atoms with Gasteiger partial charge in [0.25, 0.3) is 11.6 Å². The van der Waals surface area contributed by atoms with Crippen LogP contribution < -0.4 is 0 Å². The molecule has 0 spiro atoms. The average Bonchev–Trinajstić information content (AvgIpc) is 3.30. The first-order valence-corrected chi connectivity index (χ1v) is 8.84. The summed E-state index contributed by atoms with van der Waals surface area (Å²) >= 11 is 1.29. The minimum absolute atomic E-state index is 0.00812. The maximum Gasteiger partial charge on any atom is 0.285 e. The summed E-state index contributed by atoms with van der Waals surface area (Å²) in [5, 5.41) is 11.6. The van der Waals surface area contributed by atoms with E-state index in [0.29, 0.717) is 27.0 Å². The van der Waals surface area contributed by atoms with Gasteiger partial charge in [-0.05, 0) is 12.1 Å². The number of thioether (sulfide) groups is 1. The van der Waals surface area contributed by atoms with Crippen LogP contribution in [0.1, 0.15) is 11.3 Å². The molecule has 1 aliphatic rings. The summed E-state index contributed by atoms with van der Waals surface area (Å²) in [6, 6.07) is 19.1. The van der Waals surface area contributed by atoms with Crippen LogP contribution in [0.2, 0.25) is 0 Å². The fourth-order valence-electron chi connectivity index (χ4n) is 2.60. The Bertz CT molecular complexity index is 1100. The molecule has 7 heteroatoms. The lowest BCUT2D eigenvalue weighted by atomic mass is 10.1. The molecule has 1 aromatic heterocycles. The van der Waals surface area contributed by atoms with E-state index >= 15 is 0 Å². The second-order valence-electron chi connectivity index (χ2n) is 5.71. The molecule has 0 fully saturated rings. The predicted octanol–water partition coefficient (Wildman–Crippen LogP) is 4.92. The van der Waals surface area contributed by atoms with Crippen molar-refractivity contribution in [3.05, 3.63) is 93.1 Å². The number of aliphatic imine (C=N–C) groups is 1. The van der Waals surface area contributed by atoms with Crippen LogP contribution in [0, 0.1) is 10.1 Å². The van der Waals surface area contributed by atoms with E-state index in [0.717, 1.165) is 5.56 Å². The molecule has 6 nitrogen and oxygen atoms in total. The highest BCUT2D eigenvalue weighted by Crippen LogP contribution is 2.33. The molecule has 0 N–H and O–H groups in total. The van der Waals surface area contributed by atoms with Gasteiger partial charge in [-0.1, -0.05) is 54.2 Å². The molecule has 0 aliphatic carbocycles. The Morgan fingerprint density at radius 1 is 1.00 bits per heavy atom. The predicted molar refractivity (Wildman–Crippen MR) is 104 cm³/mol. The Kier molecular flexibility index (Phi) is 4.43. The van der Waals surface area contributed by atoms with E-state index in [2.05, 4.69) is 4.99 Å². The lowest BCUT2D eigenvalue weighted by Crippen LogP contribution is -1.89. The van der Waals surface area contributed by atoms with Crippen molar-refractivity contribution in [2.45, 2.75) is 0 Å². The molecule has 0 bridgehead atoms. The summed E-state index contributed by atoms with van der Waals surface area (Å²) in [5.74, 6) is 0.661. The molecule has 0 saturated carbocycles. The number of non-ortho nitro benzene ring substituents is 1. The van der Waals surface area contributed by atoms with Crippen molar-refractivity contribution in [3.63, 3.8) is 0 Å². The Morgan fingerprint density at radius 2 is 1.78 bits per heavy atom. The van der Waals surface area contributed by atoms with Gasteiger partial charge in [-0.25, -0.2) is 4.99 Å². The molecule has 2 aromatic carbocycles. The number of furan rings is 1. The van der Waals surface area contributed by atoms with Gasteiger partial charge in [-0.3, -0.25) is 14.9 Å². The number of carbonyl (C=O) groups is 1. The third-order valence-corrected chi connectivity index (χ3v) is 4.92. The van der Waals surface area contributed by atoms with Crippen molar-refractivity contribution in [2.75, 3.05) is 0 Å². The monoisotopic (exact) mass is 376 g/mol. The molecular weight excluding hydrogens is 364 g/mol. The molecule has 1 aliphatic heterocycles. The molecule has 1 amide bonds. The van der Waals surface area contributed by atoms with E-state index < -0.39 is 4.92 Å². The molecule has 2 heterocycles.